The van der Waals surface area contributed by atoms with Crippen LogP contribution in [0.15, 0.2) is 66.9 Å². The lowest BCUT2D eigenvalue weighted by molar-refractivity contribution is -0.136. The van der Waals surface area contributed by atoms with Crippen molar-refractivity contribution in [2.75, 3.05) is 33.9 Å². The van der Waals surface area contributed by atoms with E-state index >= 15 is 0 Å². The van der Waals surface area contributed by atoms with E-state index in [1.54, 1.807) is 16.0 Å². The third kappa shape index (κ3) is 9.22. The number of hydrogen-bond donors (Lipinski definition) is 4. The van der Waals surface area contributed by atoms with Gasteiger partial charge in [-0.15, -0.1) is 0 Å². The highest BCUT2D eigenvalue weighted by Gasteiger charge is 2.38. The van der Waals surface area contributed by atoms with Crippen LogP contribution in [0, 0.1) is 11.8 Å². The monoisotopic (exact) mass is 779 g/mol. The minimum atomic E-state index is -0.710. The maximum atomic E-state index is 13.5. The zero-order valence-electron chi connectivity index (χ0n) is 33.5. The molecule has 302 valence electrons. The molecule has 14 nitrogen and oxygen atoms in total. The van der Waals surface area contributed by atoms with Gasteiger partial charge in [0.05, 0.1) is 32.2 Å². The van der Waals surface area contributed by atoms with Gasteiger partial charge in [0.15, 0.2) is 0 Å². The van der Waals surface area contributed by atoms with Crippen molar-refractivity contribution in [3.63, 3.8) is 0 Å². The van der Waals surface area contributed by atoms with Crippen LogP contribution in [0.1, 0.15) is 75.6 Å². The first kappa shape index (κ1) is 40.7. The number of benzene rings is 3. The highest BCUT2D eigenvalue weighted by Crippen LogP contribution is 2.33. The molecule has 0 aliphatic carbocycles. The van der Waals surface area contributed by atoms with Crippen LogP contribution in [0.5, 0.6) is 0 Å². The number of methoxy groups -OCH3 is 2. The summed E-state index contributed by atoms with van der Waals surface area (Å²) in [6.45, 7) is 9.00. The number of carbonyl (C=O) groups is 5. The van der Waals surface area contributed by atoms with Crippen LogP contribution in [0.2, 0.25) is 0 Å². The van der Waals surface area contributed by atoms with Crippen molar-refractivity contribution >= 4 is 40.7 Å². The first-order valence-corrected chi connectivity index (χ1v) is 19.7. The Morgan fingerprint density at radius 2 is 1.30 bits per heavy atom. The normalized spacial score (nSPS) is 17.8. The largest absolute Gasteiger partial charge is 0.453 e. The van der Waals surface area contributed by atoms with Gasteiger partial charge in [0.25, 0.3) is 5.91 Å². The Kier molecular flexibility index (Phi) is 12.8. The maximum Gasteiger partial charge on any atom is 0.407 e. The van der Waals surface area contributed by atoms with E-state index in [0.29, 0.717) is 31.0 Å². The number of aromatic nitrogens is 2. The number of aromatic amines is 1. The molecule has 1 aromatic heterocycles. The van der Waals surface area contributed by atoms with Gasteiger partial charge in [0.1, 0.15) is 17.9 Å². The van der Waals surface area contributed by atoms with Gasteiger partial charge in [-0.1, -0.05) is 70.2 Å². The Bertz CT molecular complexity index is 2100. The summed E-state index contributed by atoms with van der Waals surface area (Å²) < 4.78 is 9.47. The number of fused-ring (bicyclic) bond motifs is 1. The first-order valence-electron chi connectivity index (χ1n) is 19.7. The van der Waals surface area contributed by atoms with Crippen LogP contribution in [-0.4, -0.2) is 102 Å². The number of amides is 5. The molecule has 3 heterocycles. The van der Waals surface area contributed by atoms with E-state index in [1.807, 2.05) is 70.2 Å². The molecule has 2 aliphatic heterocycles. The molecule has 4 aromatic rings. The predicted molar refractivity (Wildman–Crippen MR) is 216 cm³/mol. The fourth-order valence-electron chi connectivity index (χ4n) is 7.78. The fraction of sp³-hybridized carbons (Fsp3) is 0.442. The first-order chi connectivity index (χ1) is 27.4. The van der Waals surface area contributed by atoms with Crippen LogP contribution in [-0.2, 0) is 19.1 Å². The van der Waals surface area contributed by atoms with Crippen molar-refractivity contribution in [3.8, 4) is 22.4 Å². The van der Waals surface area contributed by atoms with E-state index in [9.17, 15) is 24.0 Å². The van der Waals surface area contributed by atoms with Gasteiger partial charge in [-0.05, 0) is 83.2 Å². The lowest BCUT2D eigenvalue weighted by atomic mass is 9.98. The fourth-order valence-corrected chi connectivity index (χ4v) is 7.78. The summed E-state index contributed by atoms with van der Waals surface area (Å²) in [6, 6.07) is 18.2. The molecule has 2 saturated heterocycles. The zero-order valence-corrected chi connectivity index (χ0v) is 33.5. The number of nitrogens with zero attached hydrogens (tertiary/aromatic N) is 3. The van der Waals surface area contributed by atoms with Crippen LogP contribution in [0.4, 0.5) is 9.59 Å². The number of H-pyrrole nitrogens is 1. The topological polar surface area (TPSA) is 175 Å². The van der Waals surface area contributed by atoms with Crippen molar-refractivity contribution in [2.45, 2.75) is 77.5 Å². The molecule has 0 saturated carbocycles. The maximum absolute atomic E-state index is 13.5. The predicted octanol–water partition coefficient (Wildman–Crippen LogP) is 6.04. The number of likely N-dealkylation sites (tertiary alicyclic amines) is 2. The van der Waals surface area contributed by atoms with Gasteiger partial charge in [0.2, 0.25) is 11.8 Å². The van der Waals surface area contributed by atoms with Crippen LogP contribution in [0.3, 0.4) is 0 Å². The Balaban J connectivity index is 1.08. The number of hydrogen-bond acceptors (Lipinski definition) is 8. The number of alkyl carbamates (subject to hydrolysis) is 2. The van der Waals surface area contributed by atoms with Gasteiger partial charge in [-0.25, -0.2) is 14.6 Å². The molecule has 4 unspecified atom stereocenters. The van der Waals surface area contributed by atoms with Crippen molar-refractivity contribution in [2.24, 2.45) is 11.8 Å². The molecule has 14 heteroatoms. The second-order valence-corrected chi connectivity index (χ2v) is 15.5. The molecule has 2 fully saturated rings. The summed E-state index contributed by atoms with van der Waals surface area (Å²) in [5, 5.41) is 10.3. The third-order valence-corrected chi connectivity index (χ3v) is 11.0. The zero-order chi connectivity index (χ0) is 40.8. The van der Waals surface area contributed by atoms with E-state index in [2.05, 4.69) is 44.1 Å². The molecular weight excluding hydrogens is 727 g/mol. The second-order valence-electron chi connectivity index (χ2n) is 15.5. The minimum Gasteiger partial charge on any atom is -0.453 e. The Hall–Kier alpha value is -5.92. The molecule has 0 spiro atoms. The summed E-state index contributed by atoms with van der Waals surface area (Å²) in [4.78, 5) is 75.7. The van der Waals surface area contributed by atoms with Crippen LogP contribution < -0.4 is 16.0 Å². The van der Waals surface area contributed by atoms with E-state index in [1.165, 1.54) is 14.2 Å². The SMILES string of the molecule is COC(=O)NC(C(=O)N1CCCC1CNC(=O)c1ccc2cc(-c3ccc(-c4cnc(C5CCCN5C(=O)C(NC(=O)OC)C(C)C)[nH]4)cc3)ccc2c1)C(C)C. The quantitative estimate of drug-likeness (QED) is 0.135. The average molecular weight is 780 g/mol. The highest BCUT2D eigenvalue weighted by molar-refractivity contribution is 5.99. The second kappa shape index (κ2) is 17.9. The van der Waals surface area contributed by atoms with Gasteiger partial charge in [0, 0.05) is 31.2 Å². The lowest BCUT2D eigenvalue weighted by Crippen LogP contribution is -2.54. The highest BCUT2D eigenvalue weighted by atomic mass is 16.5. The van der Waals surface area contributed by atoms with Gasteiger partial charge in [-0.3, -0.25) is 14.4 Å². The molecular formula is C43H53N7O7. The molecule has 6 rings (SSSR count). The summed E-state index contributed by atoms with van der Waals surface area (Å²) in [7, 11) is 2.55. The molecule has 57 heavy (non-hydrogen) atoms. The summed E-state index contributed by atoms with van der Waals surface area (Å²) in [5.74, 6) is -0.0637. The van der Waals surface area contributed by atoms with E-state index in [0.717, 1.165) is 58.8 Å². The minimum absolute atomic E-state index is 0.112. The number of carbonyl (C=O) groups excluding carboxylic acids is 5. The van der Waals surface area contributed by atoms with Gasteiger partial charge >= 0.3 is 12.2 Å². The smallest absolute Gasteiger partial charge is 0.407 e. The number of imidazole rings is 1. The molecule has 0 bridgehead atoms. The number of nitrogens with one attached hydrogen (secondary N) is 4. The number of rotatable bonds is 12. The summed E-state index contributed by atoms with van der Waals surface area (Å²) in [5.41, 5.74) is 4.40. The average Bonchev–Trinajstić information content (AvgIpc) is 4.01. The van der Waals surface area contributed by atoms with Gasteiger partial charge < -0.3 is 40.2 Å². The lowest BCUT2D eigenvalue weighted by Gasteiger charge is -2.30. The Labute approximate surface area is 333 Å². The summed E-state index contributed by atoms with van der Waals surface area (Å²) >= 11 is 0. The Morgan fingerprint density at radius 1 is 0.737 bits per heavy atom. The molecule has 2 aliphatic rings. The molecule has 3 aromatic carbocycles. The number of ether oxygens (including phenoxy) is 2. The van der Waals surface area contributed by atoms with E-state index in [-0.39, 0.29) is 41.6 Å². The van der Waals surface area contributed by atoms with Crippen LogP contribution in [0.25, 0.3) is 33.2 Å². The Morgan fingerprint density at radius 3 is 1.95 bits per heavy atom. The van der Waals surface area contributed by atoms with Crippen LogP contribution >= 0.6 is 0 Å². The molecule has 5 amide bonds. The van der Waals surface area contributed by atoms with E-state index < -0.39 is 24.3 Å². The van der Waals surface area contributed by atoms with Crippen molar-refractivity contribution in [3.05, 3.63) is 78.2 Å². The molecule has 0 radical (unpaired) electrons. The van der Waals surface area contributed by atoms with E-state index in [4.69, 9.17) is 9.47 Å². The standard InChI is InChI=1S/C43H53N7O7/c1-25(2)36(47-42(54)56-5)40(52)49-19-7-9-33(49)23-45-39(51)32-18-17-30-21-29(15-16-31(30)22-32)27-11-13-28(14-12-27)34-24-44-38(46-34)35-10-8-20-50(35)41(53)37(26(3)4)48-43(55)57-6/h11-18,21-22,24-26,33,35-37H,7-10,19-20,23H2,1-6H3,(H,44,46)(H,45,51)(H,47,54)(H,48,55). The molecule has 4 atom stereocenters. The van der Waals surface area contributed by atoms with Gasteiger partial charge in [-0.2, -0.15) is 0 Å². The van der Waals surface area contributed by atoms with Crippen molar-refractivity contribution in [1.29, 1.82) is 0 Å². The molecule has 4 N–H and O–H groups in total. The van der Waals surface area contributed by atoms with Crippen molar-refractivity contribution < 1.29 is 33.4 Å². The third-order valence-electron chi connectivity index (χ3n) is 11.0. The van der Waals surface area contributed by atoms with Crippen molar-refractivity contribution in [1.82, 2.24) is 35.7 Å². The summed E-state index contributed by atoms with van der Waals surface area (Å²) in [6.07, 6.45) is 3.71.